The van der Waals surface area contributed by atoms with Crippen molar-refractivity contribution in [2.45, 2.75) is 51.4 Å². The van der Waals surface area contributed by atoms with E-state index >= 15 is 0 Å². The lowest BCUT2D eigenvalue weighted by atomic mass is 9.62. The number of hydrogen-bond acceptors (Lipinski definition) is 6. The van der Waals surface area contributed by atoms with E-state index in [1.807, 2.05) is 36.4 Å². The summed E-state index contributed by atoms with van der Waals surface area (Å²) in [5.41, 5.74) is 5.31. The van der Waals surface area contributed by atoms with Crippen molar-refractivity contribution in [3.63, 3.8) is 0 Å². The van der Waals surface area contributed by atoms with E-state index in [2.05, 4.69) is 4.52 Å². The molecule has 3 aliphatic rings. The molecule has 0 aromatic heterocycles. The summed E-state index contributed by atoms with van der Waals surface area (Å²) in [7, 11) is -5.15. The van der Waals surface area contributed by atoms with E-state index < -0.39 is 7.82 Å². The lowest BCUT2D eigenvalue weighted by molar-refractivity contribution is -0.333. The van der Waals surface area contributed by atoms with Crippen LogP contribution >= 0.6 is 7.82 Å². The zero-order valence-electron chi connectivity index (χ0n) is 19.8. The maximum absolute atomic E-state index is 11.2. The second kappa shape index (κ2) is 10.6. The lowest BCUT2D eigenvalue weighted by Crippen LogP contribution is -2.30. The average molecular weight is 495 g/mol. The van der Waals surface area contributed by atoms with Gasteiger partial charge in [-0.3, -0.25) is 0 Å². The number of ether oxygens (including phenoxy) is 2. The minimum Gasteiger partial charge on any atom is -0.780 e. The summed E-state index contributed by atoms with van der Waals surface area (Å²) >= 11 is 0. The molecule has 5 rings (SSSR count). The van der Waals surface area contributed by atoms with Crippen LogP contribution in [0.1, 0.15) is 56.9 Å². The Morgan fingerprint density at radius 2 is 1.71 bits per heavy atom. The molecule has 0 radical (unpaired) electrons. The van der Waals surface area contributed by atoms with Crippen LogP contribution < -0.4 is 19.0 Å². The molecule has 2 unspecified atom stereocenters. The second-order valence-electron chi connectivity index (χ2n) is 9.58. The molecule has 0 amide bonds. The third-order valence-corrected chi connectivity index (χ3v) is 7.75. The third kappa shape index (κ3) is 5.83. The summed E-state index contributed by atoms with van der Waals surface area (Å²) in [4.78, 5) is 22.5. The van der Waals surface area contributed by atoms with Gasteiger partial charge in [0.15, 0.2) is 0 Å². The van der Waals surface area contributed by atoms with Gasteiger partial charge in [0.25, 0.3) is 0 Å². The normalized spacial score (nSPS) is 23.4. The zero-order chi connectivity index (χ0) is 24.3. The van der Waals surface area contributed by atoms with Crippen molar-refractivity contribution < 1.29 is 28.3 Å². The molecule has 1 fully saturated rings. The number of rotatable bonds is 8. The summed E-state index contributed by atoms with van der Waals surface area (Å²) in [6.07, 6.45) is 9.41. The second-order valence-corrected chi connectivity index (χ2v) is 10.7. The Hall–Kier alpha value is -2.53. The van der Waals surface area contributed by atoms with E-state index in [-0.39, 0.29) is 5.75 Å². The summed E-state index contributed by atoms with van der Waals surface area (Å²) in [5, 5.41) is 0. The molecule has 7 heteroatoms. The van der Waals surface area contributed by atoms with Gasteiger partial charge in [-0.25, -0.2) is 0 Å². The molecule has 0 aliphatic heterocycles. The first-order valence-electron chi connectivity index (χ1n) is 12.6. The Balaban J connectivity index is 1.47. The van der Waals surface area contributed by atoms with Gasteiger partial charge in [0, 0.05) is 11.5 Å². The first-order chi connectivity index (χ1) is 17.0. The van der Waals surface area contributed by atoms with Crippen LogP contribution in [-0.4, -0.2) is 13.2 Å². The van der Waals surface area contributed by atoms with Crippen LogP contribution in [0.2, 0.25) is 0 Å². The molecule has 1 saturated carbocycles. The van der Waals surface area contributed by atoms with Gasteiger partial charge in [-0.1, -0.05) is 47.9 Å². The monoisotopic (exact) mass is 494 g/mol. The molecule has 6 nitrogen and oxygen atoms in total. The van der Waals surface area contributed by atoms with Crippen molar-refractivity contribution in [1.82, 2.24) is 0 Å². The largest absolute Gasteiger partial charge is 0.780 e. The van der Waals surface area contributed by atoms with Crippen molar-refractivity contribution in [3.8, 4) is 11.5 Å². The molecular formula is C28H31O6P-2. The lowest BCUT2D eigenvalue weighted by Gasteiger charge is -2.43. The summed E-state index contributed by atoms with van der Waals surface area (Å²) < 4.78 is 28.2. The van der Waals surface area contributed by atoms with Crippen molar-refractivity contribution in [2.75, 3.05) is 13.2 Å². The minimum absolute atomic E-state index is 0.0107. The zero-order valence-corrected chi connectivity index (χ0v) is 20.7. The molecule has 3 aliphatic carbocycles. The number of phosphoric acid groups is 1. The fraction of sp³-hybridized carbons (Fsp3) is 0.429. The van der Waals surface area contributed by atoms with Crippen LogP contribution in [-0.2, 0) is 9.30 Å². The highest BCUT2D eigenvalue weighted by Crippen LogP contribution is 2.53. The van der Waals surface area contributed by atoms with Gasteiger partial charge >= 0.3 is 0 Å². The van der Waals surface area contributed by atoms with E-state index in [1.165, 1.54) is 37.3 Å². The quantitative estimate of drug-likeness (QED) is 0.211. The van der Waals surface area contributed by atoms with E-state index in [0.29, 0.717) is 25.0 Å². The number of allylic oxidation sites excluding steroid dienone is 3. The van der Waals surface area contributed by atoms with Gasteiger partial charge in [0.2, 0.25) is 0 Å². The first kappa shape index (κ1) is 24.2. The van der Waals surface area contributed by atoms with Crippen LogP contribution in [0.5, 0.6) is 11.5 Å². The smallest absolute Gasteiger partial charge is 0.126 e. The van der Waals surface area contributed by atoms with Gasteiger partial charge in [0.05, 0.1) is 0 Å². The Kier molecular flexibility index (Phi) is 7.33. The van der Waals surface area contributed by atoms with Crippen LogP contribution in [0, 0.1) is 11.8 Å². The fourth-order valence-electron chi connectivity index (χ4n) is 6.00. The van der Waals surface area contributed by atoms with Crippen LogP contribution in [0.3, 0.4) is 0 Å². The minimum atomic E-state index is -5.15. The Morgan fingerprint density at radius 1 is 0.914 bits per heavy atom. The number of benzene rings is 2. The summed E-state index contributed by atoms with van der Waals surface area (Å²) in [6.45, 7) is 0.738. The van der Waals surface area contributed by atoms with Gasteiger partial charge in [-0.2, -0.15) is 0 Å². The van der Waals surface area contributed by atoms with Crippen molar-refractivity contribution >= 4 is 13.6 Å². The molecule has 2 aromatic carbocycles. The molecule has 2 atom stereocenters. The first-order valence-corrected chi connectivity index (χ1v) is 14.0. The molecule has 186 valence electrons. The molecule has 2 bridgehead atoms. The van der Waals surface area contributed by atoms with Gasteiger partial charge in [-0.15, -0.1) is 0 Å². The number of para-hydroxylation sites is 1. The number of phosphoric ester groups is 1. The number of fused-ring (bicyclic) bond motifs is 3. The maximum Gasteiger partial charge on any atom is 0.126 e. The van der Waals surface area contributed by atoms with E-state index in [4.69, 9.17) is 9.47 Å². The van der Waals surface area contributed by atoms with Crippen LogP contribution in [0.15, 0.2) is 71.3 Å². The maximum atomic E-state index is 11.2. The van der Waals surface area contributed by atoms with Crippen molar-refractivity contribution in [3.05, 3.63) is 76.9 Å². The van der Waals surface area contributed by atoms with Gasteiger partial charge < -0.3 is 28.3 Å². The van der Waals surface area contributed by atoms with Crippen LogP contribution in [0.4, 0.5) is 0 Å². The average Bonchev–Trinajstić information content (AvgIpc) is 2.84. The van der Waals surface area contributed by atoms with Crippen molar-refractivity contribution in [2.24, 2.45) is 11.8 Å². The fourth-order valence-corrected chi connectivity index (χ4v) is 6.37. The van der Waals surface area contributed by atoms with E-state index in [9.17, 15) is 14.4 Å². The predicted octanol–water partition coefficient (Wildman–Crippen LogP) is 5.39. The predicted molar refractivity (Wildman–Crippen MR) is 130 cm³/mol. The summed E-state index contributed by atoms with van der Waals surface area (Å²) in [6, 6.07) is 16.3. The van der Waals surface area contributed by atoms with Gasteiger partial charge in [-0.05, 0) is 80.7 Å². The van der Waals surface area contributed by atoms with Crippen LogP contribution in [0.25, 0.3) is 5.76 Å². The molecule has 2 aromatic rings. The standard InChI is InChI=1S/C28H33O6P/c29-35(30,31)34-24-13-6-10-22(19-24)28(33-17-16-32-23-11-2-1-3-12-23)27-21-9-7-15-26(27)25-14-5-4-8-20(25)18-21/h1-3,6,10-13,19,21,26H,4-5,7-9,14-18H2,(H2,29,30,31)/p-2/b28-27+. The molecular weight excluding hydrogens is 463 g/mol. The van der Waals surface area contributed by atoms with Gasteiger partial charge in [0.1, 0.15) is 38.3 Å². The molecule has 0 spiro atoms. The SMILES string of the molecule is O=P([O-])([O-])Oc1cccc(/C(OCCOc2ccccc2)=C2/C3CCCC2C2=C(CCCC2)C3)c1. The highest BCUT2D eigenvalue weighted by atomic mass is 31.2. The topological polar surface area (TPSA) is 90.9 Å². The third-order valence-electron chi connectivity index (χ3n) is 7.32. The molecule has 0 heterocycles. The highest BCUT2D eigenvalue weighted by Gasteiger charge is 2.39. The Bertz CT molecular complexity index is 1150. The van der Waals surface area contributed by atoms with E-state index in [1.54, 1.807) is 23.3 Å². The molecule has 35 heavy (non-hydrogen) atoms. The highest BCUT2D eigenvalue weighted by molar-refractivity contribution is 7.43. The Morgan fingerprint density at radius 3 is 2.54 bits per heavy atom. The van der Waals surface area contributed by atoms with E-state index in [0.717, 1.165) is 42.8 Å². The molecule has 0 N–H and O–H groups in total. The Labute approximate surface area is 206 Å². The molecule has 0 saturated heterocycles. The number of hydrogen-bond donors (Lipinski definition) is 0. The summed E-state index contributed by atoms with van der Waals surface area (Å²) in [5.74, 6) is 2.37. The van der Waals surface area contributed by atoms with Crippen molar-refractivity contribution in [1.29, 1.82) is 0 Å².